The van der Waals surface area contributed by atoms with E-state index in [1.807, 2.05) is 44.2 Å². The maximum Gasteiger partial charge on any atom is 0.229 e. The molecule has 4 aromatic rings. The lowest BCUT2D eigenvalue weighted by molar-refractivity contribution is 0.101. The van der Waals surface area contributed by atoms with Crippen LogP contribution in [0.5, 0.6) is 0 Å². The molecule has 2 unspecified atom stereocenters. The smallest absolute Gasteiger partial charge is 0.229 e. The van der Waals surface area contributed by atoms with Gasteiger partial charge in [0.2, 0.25) is 5.95 Å². The van der Waals surface area contributed by atoms with Gasteiger partial charge < -0.3 is 15.5 Å². The van der Waals surface area contributed by atoms with Crippen LogP contribution >= 0.6 is 0 Å². The molecule has 2 atom stereocenters. The van der Waals surface area contributed by atoms with Gasteiger partial charge in [-0.2, -0.15) is 4.98 Å². The standard InChI is InChI=1S/C24H25FN6O2/c1-15-12-26-24(28-19-10-8-18(25)9-11-19)30-22(15)31-13-20(27-16(31)2)23(33)29-21(14-32)17-6-4-3-5-7-17/h3-13,21,23,29,32-33H,14H2,1-2H3,(H,26,28,30). The van der Waals surface area contributed by atoms with E-state index in [2.05, 4.69) is 25.6 Å². The molecule has 0 aliphatic heterocycles. The zero-order valence-electron chi connectivity index (χ0n) is 18.3. The van der Waals surface area contributed by atoms with Gasteiger partial charge in [0.25, 0.3) is 0 Å². The Morgan fingerprint density at radius 2 is 1.76 bits per heavy atom. The third-order valence-corrected chi connectivity index (χ3v) is 5.20. The van der Waals surface area contributed by atoms with Gasteiger partial charge in [-0.15, -0.1) is 0 Å². The number of aliphatic hydroxyl groups excluding tert-OH is 2. The van der Waals surface area contributed by atoms with Crippen molar-refractivity contribution >= 4 is 11.6 Å². The summed E-state index contributed by atoms with van der Waals surface area (Å²) in [5.41, 5.74) is 2.72. The van der Waals surface area contributed by atoms with E-state index in [-0.39, 0.29) is 12.4 Å². The summed E-state index contributed by atoms with van der Waals surface area (Å²) < 4.78 is 14.9. The number of nitrogens with one attached hydrogen (secondary N) is 2. The average Bonchev–Trinajstić information content (AvgIpc) is 3.22. The first-order valence-corrected chi connectivity index (χ1v) is 10.5. The Balaban J connectivity index is 1.56. The number of anilines is 2. The summed E-state index contributed by atoms with van der Waals surface area (Å²) in [5, 5.41) is 26.6. The Bertz CT molecular complexity index is 1210. The Hall–Kier alpha value is -3.66. The fraction of sp³-hybridized carbons (Fsp3) is 0.208. The van der Waals surface area contributed by atoms with E-state index in [1.54, 1.807) is 29.1 Å². The normalized spacial score (nSPS) is 13.0. The first kappa shape index (κ1) is 22.5. The molecule has 0 aliphatic rings. The van der Waals surface area contributed by atoms with Crippen molar-refractivity contribution in [1.29, 1.82) is 0 Å². The third-order valence-electron chi connectivity index (χ3n) is 5.20. The number of hydrogen-bond acceptors (Lipinski definition) is 7. The number of aliphatic hydroxyl groups is 2. The highest BCUT2D eigenvalue weighted by Crippen LogP contribution is 2.22. The minimum Gasteiger partial charge on any atom is -0.394 e. The van der Waals surface area contributed by atoms with Gasteiger partial charge in [0, 0.05) is 23.6 Å². The SMILES string of the molecule is Cc1cnc(Nc2ccc(F)cc2)nc1-n1cc(C(O)NC(CO)c2ccccc2)nc1C. The van der Waals surface area contributed by atoms with E-state index >= 15 is 0 Å². The van der Waals surface area contributed by atoms with Crippen LogP contribution in [0.15, 0.2) is 67.0 Å². The molecule has 4 N–H and O–H groups in total. The van der Waals surface area contributed by atoms with Crippen molar-refractivity contribution in [2.45, 2.75) is 26.1 Å². The fourth-order valence-corrected chi connectivity index (χ4v) is 3.46. The van der Waals surface area contributed by atoms with Gasteiger partial charge in [-0.3, -0.25) is 9.88 Å². The zero-order valence-corrected chi connectivity index (χ0v) is 18.3. The van der Waals surface area contributed by atoms with Crippen LogP contribution in [0.25, 0.3) is 5.82 Å². The van der Waals surface area contributed by atoms with Crippen LogP contribution < -0.4 is 10.6 Å². The minimum absolute atomic E-state index is 0.176. The molecule has 0 bridgehead atoms. The molecule has 4 rings (SSSR count). The summed E-state index contributed by atoms with van der Waals surface area (Å²) in [5.74, 6) is 1.25. The molecule has 0 aliphatic carbocycles. The maximum absolute atomic E-state index is 13.2. The minimum atomic E-state index is -1.10. The number of benzene rings is 2. The molecule has 2 heterocycles. The number of imidazole rings is 1. The quantitative estimate of drug-likeness (QED) is 0.306. The van der Waals surface area contributed by atoms with Crippen LogP contribution in [0.4, 0.5) is 16.0 Å². The van der Waals surface area contributed by atoms with Crippen molar-refractivity contribution < 1.29 is 14.6 Å². The predicted octanol–water partition coefficient (Wildman–Crippen LogP) is 3.48. The van der Waals surface area contributed by atoms with Crippen LogP contribution in [0, 0.1) is 19.7 Å². The molecule has 0 amide bonds. The van der Waals surface area contributed by atoms with Crippen molar-refractivity contribution in [3.05, 3.63) is 95.5 Å². The number of rotatable bonds is 8. The molecule has 2 aromatic heterocycles. The Labute approximate surface area is 190 Å². The van der Waals surface area contributed by atoms with Gasteiger partial charge >= 0.3 is 0 Å². The van der Waals surface area contributed by atoms with Crippen molar-refractivity contribution in [2.24, 2.45) is 0 Å². The molecule has 0 saturated carbocycles. The first-order valence-electron chi connectivity index (χ1n) is 10.5. The van der Waals surface area contributed by atoms with Gasteiger partial charge in [-0.05, 0) is 43.7 Å². The molecule has 33 heavy (non-hydrogen) atoms. The second kappa shape index (κ2) is 9.86. The summed E-state index contributed by atoms with van der Waals surface area (Å²) in [6.07, 6.45) is 2.28. The molecule has 0 fully saturated rings. The highest BCUT2D eigenvalue weighted by Gasteiger charge is 2.20. The average molecular weight is 449 g/mol. The van der Waals surface area contributed by atoms with Gasteiger partial charge in [0.15, 0.2) is 0 Å². The largest absolute Gasteiger partial charge is 0.394 e. The lowest BCUT2D eigenvalue weighted by atomic mass is 10.1. The van der Waals surface area contributed by atoms with Crippen LogP contribution in [-0.4, -0.2) is 36.3 Å². The molecule has 2 aromatic carbocycles. The predicted molar refractivity (Wildman–Crippen MR) is 123 cm³/mol. The van der Waals surface area contributed by atoms with Crippen molar-refractivity contribution in [1.82, 2.24) is 24.8 Å². The second-order valence-electron chi connectivity index (χ2n) is 7.63. The fourth-order valence-electron chi connectivity index (χ4n) is 3.46. The Morgan fingerprint density at radius 3 is 2.45 bits per heavy atom. The maximum atomic E-state index is 13.2. The molecule has 0 radical (unpaired) electrons. The summed E-state index contributed by atoms with van der Waals surface area (Å²) in [4.78, 5) is 13.4. The van der Waals surface area contributed by atoms with Crippen LogP contribution in [0.3, 0.4) is 0 Å². The topological polar surface area (TPSA) is 108 Å². The number of nitrogens with zero attached hydrogens (tertiary/aromatic N) is 4. The zero-order chi connectivity index (χ0) is 23.4. The number of halogens is 1. The summed E-state index contributed by atoms with van der Waals surface area (Å²) in [7, 11) is 0. The van der Waals surface area contributed by atoms with E-state index in [0.29, 0.717) is 29.0 Å². The summed E-state index contributed by atoms with van der Waals surface area (Å²) in [6.45, 7) is 3.51. The second-order valence-corrected chi connectivity index (χ2v) is 7.63. The van der Waals surface area contributed by atoms with Gasteiger partial charge in [-0.1, -0.05) is 30.3 Å². The van der Waals surface area contributed by atoms with E-state index in [9.17, 15) is 14.6 Å². The van der Waals surface area contributed by atoms with E-state index < -0.39 is 12.3 Å². The van der Waals surface area contributed by atoms with Gasteiger partial charge in [0.1, 0.15) is 29.4 Å². The molecule has 0 spiro atoms. The lowest BCUT2D eigenvalue weighted by Gasteiger charge is -2.20. The van der Waals surface area contributed by atoms with Crippen LogP contribution in [0.2, 0.25) is 0 Å². The van der Waals surface area contributed by atoms with Gasteiger partial charge in [-0.25, -0.2) is 14.4 Å². The van der Waals surface area contributed by atoms with Crippen molar-refractivity contribution in [2.75, 3.05) is 11.9 Å². The number of aryl methyl sites for hydroxylation is 2. The number of hydrogen-bond donors (Lipinski definition) is 4. The highest BCUT2D eigenvalue weighted by molar-refractivity contribution is 5.54. The van der Waals surface area contributed by atoms with Crippen LogP contribution in [0.1, 0.15) is 34.9 Å². The van der Waals surface area contributed by atoms with E-state index in [0.717, 1.165) is 11.1 Å². The molecule has 9 heteroatoms. The summed E-state index contributed by atoms with van der Waals surface area (Å²) in [6, 6.07) is 14.9. The van der Waals surface area contributed by atoms with E-state index in [1.165, 1.54) is 12.1 Å². The molecule has 170 valence electrons. The lowest BCUT2D eigenvalue weighted by Crippen LogP contribution is -2.29. The van der Waals surface area contributed by atoms with Crippen LogP contribution in [-0.2, 0) is 0 Å². The van der Waals surface area contributed by atoms with Crippen molar-refractivity contribution in [3.63, 3.8) is 0 Å². The molecular formula is C24H25FN6O2. The van der Waals surface area contributed by atoms with E-state index in [4.69, 9.17) is 0 Å². The molecule has 0 saturated heterocycles. The number of aromatic nitrogens is 4. The third kappa shape index (κ3) is 5.23. The Kier molecular flexibility index (Phi) is 6.74. The monoisotopic (exact) mass is 448 g/mol. The highest BCUT2D eigenvalue weighted by atomic mass is 19.1. The Morgan fingerprint density at radius 1 is 1.03 bits per heavy atom. The summed E-state index contributed by atoms with van der Waals surface area (Å²) >= 11 is 0. The first-order chi connectivity index (χ1) is 15.9. The van der Waals surface area contributed by atoms with Gasteiger partial charge in [0.05, 0.1) is 12.6 Å². The molecule has 8 nitrogen and oxygen atoms in total. The van der Waals surface area contributed by atoms with Crippen molar-refractivity contribution in [3.8, 4) is 5.82 Å². The molecular weight excluding hydrogens is 423 g/mol.